The zero-order chi connectivity index (χ0) is 18.0. The lowest BCUT2D eigenvalue weighted by molar-refractivity contribution is -0.131. The van der Waals surface area contributed by atoms with E-state index in [0.717, 1.165) is 12.1 Å². The van der Waals surface area contributed by atoms with Crippen LogP contribution in [0.25, 0.3) is 0 Å². The van der Waals surface area contributed by atoms with Crippen LogP contribution in [0.5, 0.6) is 0 Å². The van der Waals surface area contributed by atoms with Crippen molar-refractivity contribution in [1.82, 2.24) is 0 Å². The third-order valence-corrected chi connectivity index (χ3v) is 4.12. The fourth-order valence-electron chi connectivity index (χ4n) is 2.46. The zero-order valence-corrected chi connectivity index (χ0v) is 13.0. The van der Waals surface area contributed by atoms with Crippen molar-refractivity contribution < 1.29 is 18.4 Å². The first-order valence-electron chi connectivity index (χ1n) is 7.54. The van der Waals surface area contributed by atoms with Crippen LogP contribution >= 0.6 is 0 Å². The number of nitrogens with one attached hydrogen (secondary N) is 2. The minimum atomic E-state index is -1.39. The van der Waals surface area contributed by atoms with Crippen molar-refractivity contribution in [2.45, 2.75) is 12.8 Å². The average molecular weight is 341 g/mol. The highest BCUT2D eigenvalue weighted by atomic mass is 19.1. The Bertz CT molecular complexity index is 881. The number of para-hydroxylation sites is 2. The summed E-state index contributed by atoms with van der Waals surface area (Å²) in [6, 6.07) is 11.5. The molecule has 0 saturated heterocycles. The number of amides is 2. The molecule has 7 heteroatoms. The normalized spacial score (nSPS) is 14.3. The van der Waals surface area contributed by atoms with Crippen LogP contribution in [0, 0.1) is 28.4 Å². The monoisotopic (exact) mass is 341 g/mol. The molecule has 126 valence electrons. The van der Waals surface area contributed by atoms with Crippen LogP contribution in [0.3, 0.4) is 0 Å². The molecule has 0 spiro atoms. The van der Waals surface area contributed by atoms with E-state index in [2.05, 4.69) is 10.6 Å². The van der Waals surface area contributed by atoms with Crippen LogP contribution in [0.1, 0.15) is 18.4 Å². The van der Waals surface area contributed by atoms with Gasteiger partial charge >= 0.3 is 0 Å². The van der Waals surface area contributed by atoms with Crippen molar-refractivity contribution in [3.8, 4) is 6.07 Å². The zero-order valence-electron chi connectivity index (χ0n) is 13.0. The van der Waals surface area contributed by atoms with Gasteiger partial charge in [-0.2, -0.15) is 5.26 Å². The largest absolute Gasteiger partial charge is 0.324 e. The van der Waals surface area contributed by atoms with Gasteiger partial charge in [-0.15, -0.1) is 0 Å². The average Bonchev–Trinajstić information content (AvgIpc) is 3.40. The summed E-state index contributed by atoms with van der Waals surface area (Å²) in [6.45, 7) is 0. The molecule has 3 rings (SSSR count). The van der Waals surface area contributed by atoms with Crippen LogP contribution in [-0.2, 0) is 9.59 Å². The molecule has 0 atom stereocenters. The minimum Gasteiger partial charge on any atom is -0.324 e. The lowest BCUT2D eigenvalue weighted by Gasteiger charge is -2.16. The second-order valence-electron chi connectivity index (χ2n) is 5.74. The Labute approximate surface area is 142 Å². The molecule has 0 heterocycles. The number of halogens is 2. The predicted molar refractivity (Wildman–Crippen MR) is 86.4 cm³/mol. The van der Waals surface area contributed by atoms with Gasteiger partial charge in [0.2, 0.25) is 11.8 Å². The standard InChI is InChI=1S/C18H13F2N3O2/c19-12-5-3-6-13(20)15(12)23-17(25)18(8-9-18)16(24)22-14-7-2-1-4-11(14)10-21/h1-7H,8-9H2,(H,22,24)(H,23,25). The molecule has 0 bridgehead atoms. The van der Waals surface area contributed by atoms with Crippen LogP contribution in [0.15, 0.2) is 42.5 Å². The topological polar surface area (TPSA) is 82.0 Å². The first-order valence-corrected chi connectivity index (χ1v) is 7.54. The third-order valence-electron chi connectivity index (χ3n) is 4.12. The van der Waals surface area contributed by atoms with Crippen molar-refractivity contribution in [3.05, 3.63) is 59.7 Å². The number of hydrogen-bond acceptors (Lipinski definition) is 3. The van der Waals surface area contributed by atoms with E-state index in [1.165, 1.54) is 12.1 Å². The van der Waals surface area contributed by atoms with Crippen LogP contribution in [0.4, 0.5) is 20.2 Å². The van der Waals surface area contributed by atoms with E-state index in [-0.39, 0.29) is 24.1 Å². The quantitative estimate of drug-likeness (QED) is 0.838. The summed E-state index contributed by atoms with van der Waals surface area (Å²) >= 11 is 0. The highest BCUT2D eigenvalue weighted by molar-refractivity contribution is 6.17. The Morgan fingerprint density at radius 2 is 1.56 bits per heavy atom. The number of carbonyl (C=O) groups excluding carboxylic acids is 2. The number of nitrogens with zero attached hydrogens (tertiary/aromatic N) is 1. The minimum absolute atomic E-state index is 0.257. The molecule has 2 N–H and O–H groups in total. The molecule has 1 aliphatic rings. The third kappa shape index (κ3) is 3.06. The van der Waals surface area contributed by atoms with Crippen LogP contribution in [-0.4, -0.2) is 11.8 Å². The predicted octanol–water partition coefficient (Wildman–Crippen LogP) is 3.19. The van der Waals surface area contributed by atoms with Crippen molar-refractivity contribution in [2.24, 2.45) is 5.41 Å². The van der Waals surface area contributed by atoms with Gasteiger partial charge in [0.1, 0.15) is 28.8 Å². The van der Waals surface area contributed by atoms with E-state index in [4.69, 9.17) is 5.26 Å². The maximum atomic E-state index is 13.7. The Balaban J connectivity index is 1.79. The summed E-state index contributed by atoms with van der Waals surface area (Å²) in [5, 5.41) is 13.8. The number of anilines is 2. The summed E-state index contributed by atoms with van der Waals surface area (Å²) in [7, 11) is 0. The van der Waals surface area contributed by atoms with E-state index in [0.29, 0.717) is 0 Å². The number of carbonyl (C=O) groups is 2. The van der Waals surface area contributed by atoms with Crippen LogP contribution < -0.4 is 10.6 Å². The highest BCUT2D eigenvalue weighted by Gasteiger charge is 2.56. The number of benzene rings is 2. The molecular formula is C18H13F2N3O2. The van der Waals surface area contributed by atoms with Crippen LogP contribution in [0.2, 0.25) is 0 Å². The number of rotatable bonds is 4. The molecule has 5 nitrogen and oxygen atoms in total. The molecule has 1 saturated carbocycles. The van der Waals surface area contributed by atoms with E-state index in [9.17, 15) is 18.4 Å². The van der Waals surface area contributed by atoms with Crippen molar-refractivity contribution >= 4 is 23.2 Å². The van der Waals surface area contributed by atoms with E-state index in [1.807, 2.05) is 6.07 Å². The van der Waals surface area contributed by atoms with Gasteiger partial charge in [-0.3, -0.25) is 9.59 Å². The summed E-state index contributed by atoms with van der Waals surface area (Å²) in [5.41, 5.74) is -1.43. The molecule has 0 radical (unpaired) electrons. The molecule has 0 aliphatic heterocycles. The molecule has 25 heavy (non-hydrogen) atoms. The first-order chi connectivity index (χ1) is 12.0. The molecule has 2 amide bonds. The van der Waals surface area contributed by atoms with E-state index in [1.54, 1.807) is 18.2 Å². The maximum absolute atomic E-state index is 13.7. The molecular weight excluding hydrogens is 328 g/mol. The lowest BCUT2D eigenvalue weighted by atomic mass is 10.0. The molecule has 1 fully saturated rings. The van der Waals surface area contributed by atoms with Crippen molar-refractivity contribution in [3.63, 3.8) is 0 Å². The Hall–Kier alpha value is -3.27. The Morgan fingerprint density at radius 1 is 0.960 bits per heavy atom. The van der Waals surface area contributed by atoms with Gasteiger partial charge in [-0.1, -0.05) is 18.2 Å². The Morgan fingerprint density at radius 3 is 2.16 bits per heavy atom. The second-order valence-corrected chi connectivity index (χ2v) is 5.74. The molecule has 0 aromatic heterocycles. The van der Waals surface area contributed by atoms with Crippen molar-refractivity contribution in [2.75, 3.05) is 10.6 Å². The molecule has 2 aromatic carbocycles. The van der Waals surface area contributed by atoms with Gasteiger partial charge < -0.3 is 10.6 Å². The number of hydrogen-bond donors (Lipinski definition) is 2. The first kappa shape index (κ1) is 16.6. The molecule has 1 aliphatic carbocycles. The highest BCUT2D eigenvalue weighted by Crippen LogP contribution is 2.47. The SMILES string of the molecule is N#Cc1ccccc1NC(=O)C1(C(=O)Nc2c(F)cccc2F)CC1. The summed E-state index contributed by atoms with van der Waals surface area (Å²) < 4.78 is 27.3. The maximum Gasteiger partial charge on any atom is 0.240 e. The van der Waals surface area contributed by atoms with Gasteiger partial charge in [0, 0.05) is 0 Å². The molecule has 0 unspecified atom stereocenters. The smallest absolute Gasteiger partial charge is 0.240 e. The second kappa shape index (κ2) is 6.32. The molecule has 2 aromatic rings. The van der Waals surface area contributed by atoms with Gasteiger partial charge in [0.25, 0.3) is 0 Å². The summed E-state index contributed by atoms with van der Waals surface area (Å²) in [5.74, 6) is -3.22. The fraction of sp³-hybridized carbons (Fsp3) is 0.167. The van der Waals surface area contributed by atoms with E-state index < -0.39 is 34.6 Å². The lowest BCUT2D eigenvalue weighted by Crippen LogP contribution is -2.36. The van der Waals surface area contributed by atoms with Gasteiger partial charge in [0.15, 0.2) is 0 Å². The van der Waals surface area contributed by atoms with E-state index >= 15 is 0 Å². The number of nitriles is 1. The Kier molecular flexibility index (Phi) is 4.19. The van der Waals surface area contributed by atoms with Gasteiger partial charge in [0.05, 0.1) is 11.3 Å². The summed E-state index contributed by atoms with van der Waals surface area (Å²) in [4.78, 5) is 24.9. The summed E-state index contributed by atoms with van der Waals surface area (Å²) in [6.07, 6.45) is 0.519. The fourth-order valence-corrected chi connectivity index (χ4v) is 2.46. The van der Waals surface area contributed by atoms with Crippen molar-refractivity contribution in [1.29, 1.82) is 5.26 Å². The van der Waals surface area contributed by atoms with Gasteiger partial charge in [-0.05, 0) is 37.1 Å². The van der Waals surface area contributed by atoms with Gasteiger partial charge in [-0.25, -0.2) is 8.78 Å².